The van der Waals surface area contributed by atoms with Crippen molar-refractivity contribution in [1.82, 2.24) is 0 Å². The van der Waals surface area contributed by atoms with Crippen LogP contribution in [0.2, 0.25) is 0 Å². The molecule has 1 heterocycles. The second kappa shape index (κ2) is 5.36. The van der Waals surface area contributed by atoms with Crippen LogP contribution in [0.5, 0.6) is 0 Å². The number of hydrogen-bond donors (Lipinski definition) is 0. The Morgan fingerprint density at radius 1 is 1.16 bits per heavy atom. The average molecular weight is 259 g/mol. The van der Waals surface area contributed by atoms with Crippen LogP contribution in [0, 0.1) is 5.92 Å². The summed E-state index contributed by atoms with van der Waals surface area (Å²) in [5.74, 6) is 1.82. The first-order valence-electron chi connectivity index (χ1n) is 7.19. The number of rotatable bonds is 4. The molecule has 19 heavy (non-hydrogen) atoms. The van der Waals surface area contributed by atoms with E-state index in [4.69, 9.17) is 4.74 Å². The van der Waals surface area contributed by atoms with Crippen LogP contribution in [0.25, 0.3) is 0 Å². The molecule has 0 saturated carbocycles. The quantitative estimate of drug-likeness (QED) is 0.794. The summed E-state index contributed by atoms with van der Waals surface area (Å²) in [4.78, 5) is 4.66. The summed E-state index contributed by atoms with van der Waals surface area (Å²) in [5.41, 5.74) is 2.62. The SMILES string of the molecule is CC(C)Cc1ccc(C(C)C2=NC(C)(C)CO2)cc1. The maximum Gasteiger partial charge on any atom is 0.191 e. The van der Waals surface area contributed by atoms with Crippen molar-refractivity contribution in [2.45, 2.75) is 52.5 Å². The maximum atomic E-state index is 5.73. The third-order valence-electron chi connectivity index (χ3n) is 3.48. The van der Waals surface area contributed by atoms with E-state index in [1.54, 1.807) is 0 Å². The van der Waals surface area contributed by atoms with E-state index >= 15 is 0 Å². The summed E-state index contributed by atoms with van der Waals surface area (Å²) in [6, 6.07) is 8.87. The molecule has 1 unspecified atom stereocenters. The molecule has 0 spiro atoms. The molecule has 0 aromatic heterocycles. The number of aliphatic imine (C=N–C) groups is 1. The van der Waals surface area contributed by atoms with E-state index in [0.29, 0.717) is 12.5 Å². The Morgan fingerprint density at radius 2 is 1.79 bits per heavy atom. The summed E-state index contributed by atoms with van der Waals surface area (Å²) >= 11 is 0. The van der Waals surface area contributed by atoms with Crippen molar-refractivity contribution in [2.24, 2.45) is 10.9 Å². The minimum absolute atomic E-state index is 0.0683. The predicted octanol–water partition coefficient (Wildman–Crippen LogP) is 4.20. The van der Waals surface area contributed by atoms with Crippen molar-refractivity contribution in [1.29, 1.82) is 0 Å². The van der Waals surface area contributed by atoms with Crippen LogP contribution in [0.3, 0.4) is 0 Å². The largest absolute Gasteiger partial charge is 0.478 e. The van der Waals surface area contributed by atoms with Gasteiger partial charge >= 0.3 is 0 Å². The van der Waals surface area contributed by atoms with E-state index in [1.165, 1.54) is 11.1 Å². The van der Waals surface area contributed by atoms with Crippen LogP contribution < -0.4 is 0 Å². The van der Waals surface area contributed by atoms with E-state index in [1.807, 2.05) is 0 Å². The molecule has 1 aromatic carbocycles. The molecule has 1 aliphatic rings. The van der Waals surface area contributed by atoms with Crippen molar-refractivity contribution in [3.05, 3.63) is 35.4 Å². The fraction of sp³-hybridized carbons (Fsp3) is 0.588. The highest BCUT2D eigenvalue weighted by molar-refractivity contribution is 5.85. The maximum absolute atomic E-state index is 5.73. The lowest BCUT2D eigenvalue weighted by molar-refractivity contribution is 0.272. The second-order valence-corrected chi connectivity index (χ2v) is 6.61. The van der Waals surface area contributed by atoms with Gasteiger partial charge in [-0.05, 0) is 44.2 Å². The zero-order valence-corrected chi connectivity index (χ0v) is 12.7. The first-order valence-corrected chi connectivity index (χ1v) is 7.19. The van der Waals surface area contributed by atoms with Gasteiger partial charge in [0.2, 0.25) is 0 Å². The van der Waals surface area contributed by atoms with Gasteiger partial charge in [-0.2, -0.15) is 0 Å². The highest BCUT2D eigenvalue weighted by Gasteiger charge is 2.29. The standard InChI is InChI=1S/C17H25NO/c1-12(2)10-14-6-8-15(9-7-14)13(3)16-18-17(4,5)11-19-16/h6-9,12-13H,10-11H2,1-5H3. The molecule has 2 nitrogen and oxygen atoms in total. The molecule has 1 atom stereocenters. The van der Waals surface area contributed by atoms with Crippen molar-refractivity contribution in [2.75, 3.05) is 6.61 Å². The highest BCUT2D eigenvalue weighted by atomic mass is 16.5. The van der Waals surface area contributed by atoms with Gasteiger partial charge in [-0.1, -0.05) is 38.1 Å². The Bertz CT molecular complexity index is 457. The Balaban J connectivity index is 2.10. The van der Waals surface area contributed by atoms with Gasteiger partial charge in [-0.25, -0.2) is 4.99 Å². The Kier molecular flexibility index (Phi) is 3.98. The highest BCUT2D eigenvalue weighted by Crippen LogP contribution is 2.26. The van der Waals surface area contributed by atoms with E-state index in [2.05, 4.69) is 63.9 Å². The molecule has 0 amide bonds. The number of hydrogen-bond acceptors (Lipinski definition) is 2. The van der Waals surface area contributed by atoms with Crippen LogP contribution >= 0.6 is 0 Å². The number of ether oxygens (including phenoxy) is 1. The van der Waals surface area contributed by atoms with Crippen molar-refractivity contribution < 1.29 is 4.74 Å². The Hall–Kier alpha value is -1.31. The van der Waals surface area contributed by atoms with Gasteiger partial charge in [0.15, 0.2) is 5.90 Å². The fourth-order valence-corrected chi connectivity index (χ4v) is 2.39. The van der Waals surface area contributed by atoms with Gasteiger partial charge in [0.05, 0.1) is 11.5 Å². The van der Waals surface area contributed by atoms with E-state index in [-0.39, 0.29) is 11.5 Å². The smallest absolute Gasteiger partial charge is 0.191 e. The van der Waals surface area contributed by atoms with Crippen LogP contribution in [0.15, 0.2) is 29.3 Å². The fourth-order valence-electron chi connectivity index (χ4n) is 2.39. The minimum Gasteiger partial charge on any atom is -0.478 e. The normalized spacial score (nSPS) is 19.2. The van der Waals surface area contributed by atoms with Gasteiger partial charge in [-0.3, -0.25) is 0 Å². The van der Waals surface area contributed by atoms with Crippen LogP contribution in [-0.2, 0) is 11.2 Å². The van der Waals surface area contributed by atoms with Crippen molar-refractivity contribution >= 4 is 5.90 Å². The average Bonchev–Trinajstić information content (AvgIpc) is 2.69. The third-order valence-corrected chi connectivity index (χ3v) is 3.48. The summed E-state index contributed by atoms with van der Waals surface area (Å²) in [7, 11) is 0. The molecule has 0 bridgehead atoms. The molecule has 0 fully saturated rings. The van der Waals surface area contributed by atoms with Gasteiger partial charge in [0.25, 0.3) is 0 Å². The zero-order valence-electron chi connectivity index (χ0n) is 12.7. The molecule has 0 N–H and O–H groups in total. The summed E-state index contributed by atoms with van der Waals surface area (Å²) in [5, 5.41) is 0. The summed E-state index contributed by atoms with van der Waals surface area (Å²) in [6.45, 7) is 11.6. The van der Waals surface area contributed by atoms with Crippen LogP contribution in [0.1, 0.15) is 51.7 Å². The molecule has 0 saturated heterocycles. The van der Waals surface area contributed by atoms with E-state index in [9.17, 15) is 0 Å². The third kappa shape index (κ3) is 3.59. The second-order valence-electron chi connectivity index (χ2n) is 6.61. The summed E-state index contributed by atoms with van der Waals surface area (Å²) < 4.78 is 5.73. The molecule has 1 aromatic rings. The van der Waals surface area contributed by atoms with E-state index < -0.39 is 0 Å². The molecule has 2 heteroatoms. The minimum atomic E-state index is -0.0683. The molecule has 0 radical (unpaired) electrons. The molecule has 104 valence electrons. The van der Waals surface area contributed by atoms with Gasteiger partial charge in [0, 0.05) is 0 Å². The first kappa shape index (κ1) is 14.1. The molecule has 1 aliphatic heterocycles. The Morgan fingerprint density at radius 3 is 2.26 bits per heavy atom. The van der Waals surface area contributed by atoms with Gasteiger partial charge in [0.1, 0.15) is 6.61 Å². The molecular weight excluding hydrogens is 234 g/mol. The number of benzene rings is 1. The lowest BCUT2D eigenvalue weighted by Crippen LogP contribution is -2.17. The van der Waals surface area contributed by atoms with E-state index in [0.717, 1.165) is 12.3 Å². The summed E-state index contributed by atoms with van der Waals surface area (Å²) in [6.07, 6.45) is 1.14. The lowest BCUT2D eigenvalue weighted by atomic mass is 9.96. The lowest BCUT2D eigenvalue weighted by Gasteiger charge is -2.12. The molecule has 2 rings (SSSR count). The zero-order chi connectivity index (χ0) is 14.0. The van der Waals surface area contributed by atoms with Gasteiger partial charge < -0.3 is 4.74 Å². The van der Waals surface area contributed by atoms with Crippen molar-refractivity contribution in [3.8, 4) is 0 Å². The molecular formula is C17H25NO. The van der Waals surface area contributed by atoms with Gasteiger partial charge in [-0.15, -0.1) is 0 Å². The Labute approximate surface area is 116 Å². The topological polar surface area (TPSA) is 21.6 Å². The van der Waals surface area contributed by atoms with Crippen LogP contribution in [0.4, 0.5) is 0 Å². The predicted molar refractivity (Wildman–Crippen MR) is 80.9 cm³/mol. The van der Waals surface area contributed by atoms with Crippen molar-refractivity contribution in [3.63, 3.8) is 0 Å². The monoisotopic (exact) mass is 259 g/mol. The number of nitrogens with zero attached hydrogens (tertiary/aromatic N) is 1. The molecule has 0 aliphatic carbocycles. The first-order chi connectivity index (χ1) is 8.87. The van der Waals surface area contributed by atoms with Crippen LogP contribution in [-0.4, -0.2) is 18.0 Å².